The molecule has 696 valence electrons. The summed E-state index contributed by atoms with van der Waals surface area (Å²) in [5, 5.41) is 35.7. The van der Waals surface area contributed by atoms with E-state index < -0.39 is 66.7 Å². The Morgan fingerprint density at radius 1 is 0.392 bits per heavy atom. The third kappa shape index (κ3) is 19.6. The normalized spacial score (nSPS) is 32.3. The summed E-state index contributed by atoms with van der Waals surface area (Å²) in [6, 6.07) is 34.1. The zero-order chi connectivity index (χ0) is 90.0. The van der Waals surface area contributed by atoms with Crippen LogP contribution in [0.2, 0.25) is 15.1 Å². The maximum absolute atomic E-state index is 13.5. The van der Waals surface area contributed by atoms with E-state index >= 15 is 0 Å². The average Bonchev–Trinajstić information content (AvgIpc) is 1.72. The molecule has 4 saturated carbocycles. The Morgan fingerprint density at radius 2 is 0.708 bits per heavy atom. The molecule has 6 fully saturated rings. The highest BCUT2D eigenvalue weighted by molar-refractivity contribution is 7.88. The van der Waals surface area contributed by atoms with Crippen LogP contribution in [0.5, 0.6) is 17.2 Å². The first-order valence-corrected chi connectivity index (χ1v) is 52.2. The van der Waals surface area contributed by atoms with Crippen LogP contribution in [-0.4, -0.2) is 213 Å². The lowest BCUT2D eigenvalue weighted by Crippen LogP contribution is -2.49. The Balaban J connectivity index is 0.000000126. The van der Waals surface area contributed by atoms with Gasteiger partial charge in [-0.2, -0.15) is 38.2 Å². The van der Waals surface area contributed by atoms with Gasteiger partial charge >= 0.3 is 30.6 Å². The Morgan fingerprint density at radius 3 is 0.992 bits per heavy atom. The Hall–Kier alpha value is -7.85. The van der Waals surface area contributed by atoms with Crippen LogP contribution in [0.1, 0.15) is 180 Å². The number of hydrogen-bond donors (Lipinski definition) is 6. The molecule has 0 unspecified atom stereocenters. The number of carbonyl (C=O) groups excluding carboxylic acids is 3. The molecule has 6 aromatic carbocycles. The number of aryl methyl sites for hydroxylation is 3. The summed E-state index contributed by atoms with van der Waals surface area (Å²) in [5.74, 6) is 1.50. The second-order valence-corrected chi connectivity index (χ2v) is 45.4. The molecule has 3 amide bonds. The third-order valence-electron chi connectivity index (χ3n) is 30.6. The number of amides is 3. The molecule has 2 saturated heterocycles. The summed E-state index contributed by atoms with van der Waals surface area (Å²) in [7, 11) is -12.3. The average molecular weight is 1900 g/mol. The van der Waals surface area contributed by atoms with Gasteiger partial charge in [-0.3, -0.25) is 14.4 Å². The van der Waals surface area contributed by atoms with Crippen molar-refractivity contribution in [2.75, 3.05) is 126 Å². The van der Waals surface area contributed by atoms with Crippen molar-refractivity contribution < 1.29 is 78.6 Å². The molecule has 130 heavy (non-hydrogen) atoms. The lowest BCUT2D eigenvalue weighted by molar-refractivity contribution is 0.0454. The molecule has 0 radical (unpaired) electrons. The SMILES string of the molecule is O=C1NS(=O)(=O)N(CC2CCC2)CC/C=C/[C@H](O)[C@@H]2CC[C@H]2CN2C[C@@]3(CCCc4cc(Cl)ccc43)COc3ccc1cc32.O=C1NS(=O)(=O)N(C[C@@H]2CO2)CC/C=C/[C@H](O)[C@@H]2CC[C@H]2CN2C[C@@]3(CCCc4cc(Cl)ccc43)COc3ccc1cc32.O=C1NS(=O)(=O)N(C[C@H]2CO2)CC/C=C/[C@H](O)[C@@H]2CC[C@H]2CN2C[C@@]3(CCCc4cc(Cl)ccc43)COc3ccc1cc32. The number of benzene rings is 6. The molecular formula is C98H118Cl3N9O17S3. The van der Waals surface area contributed by atoms with Gasteiger partial charge in [0.2, 0.25) is 0 Å². The van der Waals surface area contributed by atoms with Crippen molar-refractivity contribution in [3.8, 4) is 17.2 Å². The summed E-state index contributed by atoms with van der Waals surface area (Å²) < 4.78 is 121. The number of nitrogens with one attached hydrogen (secondary N) is 3. The van der Waals surface area contributed by atoms with Gasteiger partial charge in [-0.1, -0.05) is 95.9 Å². The predicted octanol–water partition coefficient (Wildman–Crippen LogP) is 12.9. The van der Waals surface area contributed by atoms with Gasteiger partial charge in [-0.15, -0.1) is 0 Å². The molecule has 6 bridgehead atoms. The van der Waals surface area contributed by atoms with E-state index in [9.17, 15) is 55.0 Å². The number of rotatable bonds is 6. The summed E-state index contributed by atoms with van der Waals surface area (Å²) >= 11 is 19.2. The number of hydrogen-bond acceptors (Lipinski definition) is 20. The van der Waals surface area contributed by atoms with Gasteiger partial charge in [0, 0.05) is 127 Å². The van der Waals surface area contributed by atoms with E-state index in [0.29, 0.717) is 115 Å². The summed E-state index contributed by atoms with van der Waals surface area (Å²) in [5.41, 5.74) is 9.84. The fourth-order valence-corrected chi connectivity index (χ4v) is 26.8. The largest absolute Gasteiger partial charge is 0.490 e. The van der Waals surface area contributed by atoms with E-state index in [-0.39, 0.29) is 113 Å². The highest BCUT2D eigenvalue weighted by atomic mass is 35.5. The van der Waals surface area contributed by atoms with Crippen LogP contribution in [0, 0.1) is 41.4 Å². The van der Waals surface area contributed by atoms with Crippen LogP contribution >= 0.6 is 34.8 Å². The summed E-state index contributed by atoms with van der Waals surface area (Å²) in [6.07, 6.45) is 28.0. The summed E-state index contributed by atoms with van der Waals surface area (Å²) in [6.45, 7) is 8.02. The van der Waals surface area contributed by atoms with E-state index in [1.54, 1.807) is 66.7 Å². The quantitative estimate of drug-likeness (QED) is 0.0666. The number of anilines is 3. The lowest BCUT2D eigenvalue weighted by atomic mass is 9.68. The molecule has 8 heterocycles. The second-order valence-electron chi connectivity index (χ2n) is 39.1. The molecule has 8 aliphatic heterocycles. The Kier molecular flexibility index (Phi) is 26.5. The minimum atomic E-state index is -4.12. The van der Waals surface area contributed by atoms with Crippen LogP contribution in [0.25, 0.3) is 0 Å². The first kappa shape index (κ1) is 91.3. The Bertz CT molecular complexity index is 5510. The van der Waals surface area contributed by atoms with Crippen molar-refractivity contribution in [1.82, 2.24) is 27.1 Å². The molecule has 15 aliphatic rings. The van der Waals surface area contributed by atoms with Crippen molar-refractivity contribution in [2.45, 2.75) is 182 Å². The predicted molar refractivity (Wildman–Crippen MR) is 499 cm³/mol. The topological polar surface area (TPSA) is 323 Å². The maximum atomic E-state index is 13.5. The van der Waals surface area contributed by atoms with E-state index in [1.807, 2.05) is 42.5 Å². The van der Waals surface area contributed by atoms with Gasteiger partial charge in [0.15, 0.2) is 0 Å². The molecule has 6 aromatic rings. The highest BCUT2D eigenvalue weighted by Gasteiger charge is 2.50. The van der Waals surface area contributed by atoms with Crippen molar-refractivity contribution in [3.63, 3.8) is 0 Å². The fraction of sp³-hybridized carbons (Fsp3) is 0.541. The van der Waals surface area contributed by atoms with Crippen LogP contribution in [0.15, 0.2) is 146 Å². The van der Waals surface area contributed by atoms with Crippen LogP contribution in [0.4, 0.5) is 17.1 Å². The van der Waals surface area contributed by atoms with Crippen molar-refractivity contribution >= 4 is 100 Å². The van der Waals surface area contributed by atoms with E-state index in [0.717, 1.165) is 154 Å². The molecule has 32 heteroatoms. The highest BCUT2D eigenvalue weighted by Crippen LogP contribution is 2.52. The molecule has 14 atom stereocenters. The van der Waals surface area contributed by atoms with Gasteiger partial charge in [-0.25, -0.2) is 14.2 Å². The van der Waals surface area contributed by atoms with E-state index in [1.165, 1.54) is 46.3 Å². The van der Waals surface area contributed by atoms with Crippen molar-refractivity contribution in [3.05, 3.63) is 211 Å². The second kappa shape index (κ2) is 37.8. The van der Waals surface area contributed by atoms with Crippen molar-refractivity contribution in [1.29, 1.82) is 0 Å². The molecule has 26 nitrogen and oxygen atoms in total. The number of epoxide rings is 2. The van der Waals surface area contributed by atoms with Gasteiger partial charge < -0.3 is 53.7 Å². The molecule has 0 aromatic heterocycles. The zero-order valence-electron chi connectivity index (χ0n) is 73.3. The van der Waals surface area contributed by atoms with Gasteiger partial charge in [0.25, 0.3) is 17.7 Å². The fourth-order valence-electron chi connectivity index (χ4n) is 22.6. The molecule has 3 spiro atoms. The standard InChI is InChI=1S/C34H42ClN3O5S.2C32H38ClN3O6S/c35-27-11-13-29-24(17-27)7-4-15-34(29)21-37-20-26-9-12-28(26)31(39)8-1-2-16-38(19-23-5-3-6-23)44(41,42)36-33(40)25-10-14-32(43-22-34)30(37)18-25;2*33-24-8-10-27-21(14-24)4-3-12-32(27)19-35-16-23-6-9-26(23)29(37)5-1-2-13-36(17-25-18-41-25)43(39,40)34-31(38)22-7-11-30(42-20-32)28(35)15-22/h1,8,10-11,13-14,17-18,23,26,28,31,39H,2-7,9,12,15-16,19-22H2,(H,36,40);2*1,5,7-8,10-11,14-15,23,25-26,29,37H,2-4,6,9,12-13,16-20H2,(H,34,38)/b8-1+;2*5-1+/t26-,28+,31-,34-;23-,25+,26+,29-,32-;23-,25-,26+,29-,32-/m000/s1. The minimum Gasteiger partial charge on any atom is -0.490 e. The minimum absolute atomic E-state index is 0.108. The smallest absolute Gasteiger partial charge is 0.304 e. The van der Waals surface area contributed by atoms with Gasteiger partial charge in [0.1, 0.15) is 17.2 Å². The maximum Gasteiger partial charge on any atom is 0.304 e. The van der Waals surface area contributed by atoms with Gasteiger partial charge in [-0.05, 0) is 294 Å². The molecule has 6 N–H and O–H groups in total. The first-order chi connectivity index (χ1) is 62.6. The van der Waals surface area contributed by atoms with E-state index in [4.69, 9.17) is 58.5 Å². The number of fused-ring (bicyclic) bond motifs is 12. The number of aliphatic hydroxyl groups excluding tert-OH is 3. The summed E-state index contributed by atoms with van der Waals surface area (Å²) in [4.78, 5) is 47.4. The van der Waals surface area contributed by atoms with Gasteiger partial charge in [0.05, 0.1) is 80.6 Å². The number of carbonyl (C=O) groups is 3. The molecule has 7 aliphatic carbocycles. The zero-order valence-corrected chi connectivity index (χ0v) is 78.0. The van der Waals surface area contributed by atoms with Crippen LogP contribution < -0.4 is 43.1 Å². The lowest BCUT2D eigenvalue weighted by Gasteiger charge is -2.45. The van der Waals surface area contributed by atoms with E-state index in [2.05, 4.69) is 65.3 Å². The number of ether oxygens (including phenoxy) is 5. The number of halogens is 3. The van der Waals surface area contributed by atoms with Crippen molar-refractivity contribution in [2.24, 2.45) is 41.4 Å². The number of aliphatic hydroxyl groups is 3. The van der Waals surface area contributed by atoms with Crippen LogP contribution in [-0.2, 0) is 75.6 Å². The Labute approximate surface area is 777 Å². The number of nitrogens with zero attached hydrogens (tertiary/aromatic N) is 6. The molecule has 21 rings (SSSR count). The molecular weight excluding hydrogens is 1780 g/mol. The van der Waals surface area contributed by atoms with Crippen LogP contribution in [0.3, 0.4) is 0 Å². The monoisotopic (exact) mass is 1890 g/mol. The third-order valence-corrected chi connectivity index (χ3v) is 35.7. The first-order valence-electron chi connectivity index (χ1n) is 46.8.